The van der Waals surface area contributed by atoms with Crippen molar-refractivity contribution in [1.82, 2.24) is 10.3 Å². The highest BCUT2D eigenvalue weighted by Crippen LogP contribution is 2.40. The van der Waals surface area contributed by atoms with Crippen LogP contribution in [0, 0.1) is 17.3 Å². The first-order chi connectivity index (χ1) is 11.6. The van der Waals surface area contributed by atoms with Gasteiger partial charge < -0.3 is 10.1 Å². The molecule has 1 aromatic heterocycles. The fourth-order valence-corrected chi connectivity index (χ4v) is 3.09. The Kier molecular flexibility index (Phi) is 3.22. The second-order valence-electron chi connectivity index (χ2n) is 5.82. The highest BCUT2D eigenvalue weighted by atomic mass is 19.1. The summed E-state index contributed by atoms with van der Waals surface area (Å²) in [5, 5.41) is 12.5. The number of rotatable bonds is 1. The van der Waals surface area contributed by atoms with Crippen molar-refractivity contribution in [3.8, 4) is 23.2 Å². The minimum absolute atomic E-state index is 0.236. The molecule has 1 amide bonds. The van der Waals surface area contributed by atoms with E-state index < -0.39 is 11.5 Å². The largest absolute Gasteiger partial charge is 0.458 e. The predicted octanol–water partition coefficient (Wildman–Crippen LogP) is 1.83. The number of amides is 1. The molecular formula is C17H13FN4O2. The van der Waals surface area contributed by atoms with Crippen LogP contribution in [0.3, 0.4) is 0 Å². The van der Waals surface area contributed by atoms with Crippen molar-refractivity contribution in [3.63, 3.8) is 0 Å². The number of fused-ring (bicyclic) bond motifs is 1. The van der Waals surface area contributed by atoms with Crippen LogP contribution in [0.1, 0.15) is 6.42 Å². The Morgan fingerprint density at radius 2 is 2.25 bits per heavy atom. The predicted molar refractivity (Wildman–Crippen MR) is 83.6 cm³/mol. The first kappa shape index (κ1) is 14.6. The van der Waals surface area contributed by atoms with Crippen LogP contribution in [-0.4, -0.2) is 29.6 Å². The highest BCUT2D eigenvalue weighted by molar-refractivity contribution is 6.05. The SMILES string of the molecule is N#CN1C(=O)[C@@]2(CCNC2)Oc2ncc(-c3cccc(F)c3)cc21. The second kappa shape index (κ2) is 5.28. The number of nitrogens with zero attached hydrogens (tertiary/aromatic N) is 3. The zero-order valence-electron chi connectivity index (χ0n) is 12.6. The lowest BCUT2D eigenvalue weighted by molar-refractivity contribution is -0.133. The Labute approximate surface area is 137 Å². The average Bonchev–Trinajstić information content (AvgIpc) is 3.05. The molecule has 2 aliphatic heterocycles. The quantitative estimate of drug-likeness (QED) is 0.810. The van der Waals surface area contributed by atoms with Crippen LogP contribution in [-0.2, 0) is 4.79 Å². The summed E-state index contributed by atoms with van der Waals surface area (Å²) in [6.45, 7) is 0.985. The topological polar surface area (TPSA) is 78.2 Å². The van der Waals surface area contributed by atoms with Gasteiger partial charge in [-0.15, -0.1) is 0 Å². The van der Waals surface area contributed by atoms with Crippen LogP contribution in [0.15, 0.2) is 36.5 Å². The van der Waals surface area contributed by atoms with Crippen molar-refractivity contribution in [1.29, 1.82) is 5.26 Å². The summed E-state index contributed by atoms with van der Waals surface area (Å²) in [6, 6.07) is 7.66. The summed E-state index contributed by atoms with van der Waals surface area (Å²) in [7, 11) is 0. The van der Waals surface area contributed by atoms with Gasteiger partial charge in [0.15, 0.2) is 6.19 Å². The normalized spacial score (nSPS) is 22.2. The molecule has 0 aliphatic carbocycles. The number of halogens is 1. The van der Waals surface area contributed by atoms with Gasteiger partial charge in [0.25, 0.3) is 5.91 Å². The molecule has 1 spiro atoms. The molecule has 2 aromatic rings. The second-order valence-corrected chi connectivity index (χ2v) is 5.82. The number of hydrogen-bond acceptors (Lipinski definition) is 5. The van der Waals surface area contributed by atoms with E-state index in [4.69, 9.17) is 4.74 Å². The summed E-state index contributed by atoms with van der Waals surface area (Å²) in [4.78, 5) is 18.0. The van der Waals surface area contributed by atoms with Gasteiger partial charge >= 0.3 is 0 Å². The van der Waals surface area contributed by atoms with Gasteiger partial charge in [-0.05, 0) is 30.3 Å². The Morgan fingerprint density at radius 1 is 1.38 bits per heavy atom. The molecule has 6 nitrogen and oxygen atoms in total. The van der Waals surface area contributed by atoms with E-state index in [0.29, 0.717) is 30.6 Å². The number of anilines is 1. The van der Waals surface area contributed by atoms with E-state index in [9.17, 15) is 14.4 Å². The first-order valence-corrected chi connectivity index (χ1v) is 7.53. The van der Waals surface area contributed by atoms with E-state index >= 15 is 0 Å². The molecule has 2 aliphatic rings. The van der Waals surface area contributed by atoms with E-state index in [1.807, 2.05) is 6.19 Å². The number of ether oxygens (including phenoxy) is 1. The third kappa shape index (κ3) is 2.12. The standard InChI is InChI=1S/C17H13FN4O2/c18-13-3-1-2-11(6-13)12-7-14-15(21-8-12)24-17(4-5-20-9-17)16(23)22(14)10-19/h1-3,6-8,20H,4-5,9H2/t17-/m0/s1. The van der Waals surface area contributed by atoms with E-state index in [1.165, 1.54) is 12.1 Å². The summed E-state index contributed by atoms with van der Waals surface area (Å²) < 4.78 is 19.3. The lowest BCUT2D eigenvalue weighted by Crippen LogP contribution is -2.56. The van der Waals surface area contributed by atoms with Crippen LogP contribution in [0.25, 0.3) is 11.1 Å². The van der Waals surface area contributed by atoms with Gasteiger partial charge in [0, 0.05) is 24.7 Å². The maximum absolute atomic E-state index is 13.4. The summed E-state index contributed by atoms with van der Waals surface area (Å²) >= 11 is 0. The molecular weight excluding hydrogens is 311 g/mol. The molecule has 3 heterocycles. The zero-order valence-corrected chi connectivity index (χ0v) is 12.6. The van der Waals surface area contributed by atoms with E-state index in [2.05, 4.69) is 10.3 Å². The van der Waals surface area contributed by atoms with Crippen molar-refractivity contribution < 1.29 is 13.9 Å². The van der Waals surface area contributed by atoms with Crippen molar-refractivity contribution in [2.24, 2.45) is 0 Å². The number of benzene rings is 1. The molecule has 24 heavy (non-hydrogen) atoms. The molecule has 0 radical (unpaired) electrons. The smallest absolute Gasteiger partial charge is 0.286 e. The van der Waals surface area contributed by atoms with Crippen molar-refractivity contribution >= 4 is 11.6 Å². The lowest BCUT2D eigenvalue weighted by atomic mass is 9.98. The fraction of sp³-hybridized carbons (Fsp3) is 0.235. The lowest BCUT2D eigenvalue weighted by Gasteiger charge is -2.36. The van der Waals surface area contributed by atoms with Crippen LogP contribution in [0.2, 0.25) is 0 Å². The van der Waals surface area contributed by atoms with Gasteiger partial charge in [-0.3, -0.25) is 4.79 Å². The summed E-state index contributed by atoms with van der Waals surface area (Å²) in [5.41, 5.74) is 0.418. The van der Waals surface area contributed by atoms with Crippen molar-refractivity contribution in [3.05, 3.63) is 42.3 Å². The minimum atomic E-state index is -1.07. The molecule has 4 rings (SSSR count). The summed E-state index contributed by atoms with van der Waals surface area (Å²) in [6.07, 6.45) is 3.95. The Morgan fingerprint density at radius 3 is 2.96 bits per heavy atom. The van der Waals surface area contributed by atoms with Gasteiger partial charge in [-0.1, -0.05) is 12.1 Å². The number of hydrogen-bond donors (Lipinski definition) is 1. The molecule has 1 N–H and O–H groups in total. The molecule has 0 unspecified atom stereocenters. The van der Waals surface area contributed by atoms with Crippen LogP contribution in [0.4, 0.5) is 10.1 Å². The van der Waals surface area contributed by atoms with E-state index in [-0.39, 0.29) is 17.4 Å². The molecule has 1 atom stereocenters. The van der Waals surface area contributed by atoms with Crippen LogP contribution in [0.5, 0.6) is 5.88 Å². The van der Waals surface area contributed by atoms with E-state index in [1.54, 1.807) is 24.4 Å². The number of nitrogens with one attached hydrogen (secondary N) is 1. The number of carbonyl (C=O) groups is 1. The average molecular weight is 324 g/mol. The number of aromatic nitrogens is 1. The fourth-order valence-electron chi connectivity index (χ4n) is 3.09. The highest BCUT2D eigenvalue weighted by Gasteiger charge is 2.51. The first-order valence-electron chi connectivity index (χ1n) is 7.53. The van der Waals surface area contributed by atoms with Crippen molar-refractivity contribution in [2.75, 3.05) is 18.0 Å². The Bertz CT molecular complexity index is 871. The van der Waals surface area contributed by atoms with Gasteiger partial charge in [0.05, 0.1) is 0 Å². The molecule has 1 fully saturated rings. The zero-order chi connectivity index (χ0) is 16.7. The third-order valence-corrected chi connectivity index (χ3v) is 4.33. The molecule has 0 saturated carbocycles. The number of carbonyl (C=O) groups excluding carboxylic acids is 1. The summed E-state index contributed by atoms with van der Waals surface area (Å²) in [5.74, 6) is -0.536. The molecule has 1 aromatic carbocycles. The monoisotopic (exact) mass is 324 g/mol. The van der Waals surface area contributed by atoms with Crippen LogP contribution < -0.4 is 15.0 Å². The molecule has 120 valence electrons. The van der Waals surface area contributed by atoms with Gasteiger partial charge in [0.1, 0.15) is 11.5 Å². The third-order valence-electron chi connectivity index (χ3n) is 4.33. The minimum Gasteiger partial charge on any atom is -0.458 e. The van der Waals surface area contributed by atoms with Crippen LogP contribution >= 0.6 is 0 Å². The molecule has 1 saturated heterocycles. The molecule has 7 heteroatoms. The van der Waals surface area contributed by atoms with Gasteiger partial charge in [-0.25, -0.2) is 14.3 Å². The van der Waals surface area contributed by atoms with Crippen molar-refractivity contribution in [2.45, 2.75) is 12.0 Å². The Hall–Kier alpha value is -2.98. The van der Waals surface area contributed by atoms with E-state index in [0.717, 1.165) is 4.90 Å². The maximum atomic E-state index is 13.4. The number of nitriles is 1. The van der Waals surface area contributed by atoms with Gasteiger partial charge in [0.2, 0.25) is 11.5 Å². The van der Waals surface area contributed by atoms with Gasteiger partial charge in [-0.2, -0.15) is 5.26 Å². The Balaban J connectivity index is 1.81. The molecule has 0 bridgehead atoms. The number of pyridine rings is 1. The maximum Gasteiger partial charge on any atom is 0.286 e.